The van der Waals surface area contributed by atoms with Gasteiger partial charge in [0, 0.05) is 0 Å². The lowest BCUT2D eigenvalue weighted by atomic mass is 9.95. The number of Topliss-reactive ketones (excluding diaryl/α,β-unsaturated/α-hetero) is 1. The van der Waals surface area contributed by atoms with E-state index in [4.69, 9.17) is 13.9 Å². The van der Waals surface area contributed by atoms with E-state index < -0.39 is 23.5 Å². The summed E-state index contributed by atoms with van der Waals surface area (Å²) in [4.78, 5) is 33.2. The van der Waals surface area contributed by atoms with E-state index >= 15 is 0 Å². The number of ether oxygens (including phenoxy) is 2. The van der Waals surface area contributed by atoms with Crippen LogP contribution in [0.15, 0.2) is 64.3 Å². The number of nitrogens with zero attached hydrogens (tertiary/aromatic N) is 2. The molecule has 9 heteroatoms. The molecular weight excluding hydrogens is 504 g/mol. The molecule has 0 spiro atoms. The standard InChI is InChI=1S/C29H28N2O6S/c1-5-6-13-36-20-12-9-18(15-22(20)35-4)25-24(26(32)21-11-8-17(3)37-21)27(33)28(34)31(25)29-30-19-10-7-16(2)14-23(19)38-29/h7-12,14-15,25,33H,5-6,13H2,1-4H3. The van der Waals surface area contributed by atoms with Crippen LogP contribution in [0.5, 0.6) is 11.5 Å². The third-order valence-corrected chi connectivity index (χ3v) is 7.43. The molecular formula is C29H28N2O6S. The molecule has 1 amide bonds. The second-order valence-corrected chi connectivity index (χ2v) is 10.2. The van der Waals surface area contributed by atoms with Gasteiger partial charge >= 0.3 is 0 Å². The molecule has 0 radical (unpaired) electrons. The molecule has 0 saturated heterocycles. The van der Waals surface area contributed by atoms with Gasteiger partial charge in [-0.2, -0.15) is 0 Å². The summed E-state index contributed by atoms with van der Waals surface area (Å²) in [7, 11) is 1.53. The van der Waals surface area contributed by atoms with Crippen molar-refractivity contribution in [2.75, 3.05) is 18.6 Å². The Balaban J connectivity index is 1.64. The van der Waals surface area contributed by atoms with Crippen molar-refractivity contribution < 1.29 is 28.6 Å². The molecule has 8 nitrogen and oxygen atoms in total. The summed E-state index contributed by atoms with van der Waals surface area (Å²) in [5.41, 5.74) is 2.26. The van der Waals surface area contributed by atoms with Crippen LogP contribution >= 0.6 is 11.3 Å². The van der Waals surface area contributed by atoms with Gasteiger partial charge in [0.15, 0.2) is 28.1 Å². The lowest BCUT2D eigenvalue weighted by Crippen LogP contribution is -2.31. The fourth-order valence-electron chi connectivity index (χ4n) is 4.46. The van der Waals surface area contributed by atoms with Crippen molar-refractivity contribution >= 4 is 38.4 Å². The monoisotopic (exact) mass is 532 g/mol. The number of amides is 1. The smallest absolute Gasteiger partial charge is 0.296 e. The minimum Gasteiger partial charge on any atom is -0.503 e. The van der Waals surface area contributed by atoms with Crippen molar-refractivity contribution in [2.45, 2.75) is 39.7 Å². The number of carbonyl (C=O) groups is 2. The van der Waals surface area contributed by atoms with Gasteiger partial charge in [-0.25, -0.2) is 4.98 Å². The highest BCUT2D eigenvalue weighted by atomic mass is 32.1. The van der Waals surface area contributed by atoms with Crippen LogP contribution in [0, 0.1) is 13.8 Å². The summed E-state index contributed by atoms with van der Waals surface area (Å²) in [6.07, 6.45) is 1.88. The number of aromatic nitrogens is 1. The number of aryl methyl sites for hydroxylation is 2. The van der Waals surface area contributed by atoms with Gasteiger partial charge in [-0.15, -0.1) is 0 Å². The van der Waals surface area contributed by atoms with Crippen LogP contribution in [0.1, 0.15) is 53.2 Å². The van der Waals surface area contributed by atoms with E-state index in [1.165, 1.54) is 29.4 Å². The van der Waals surface area contributed by atoms with Crippen LogP contribution in [-0.4, -0.2) is 35.5 Å². The average Bonchev–Trinajstić information content (AvgIpc) is 3.59. The summed E-state index contributed by atoms with van der Waals surface area (Å²) in [6, 6.07) is 13.3. The summed E-state index contributed by atoms with van der Waals surface area (Å²) >= 11 is 1.32. The highest BCUT2D eigenvalue weighted by Crippen LogP contribution is 2.46. The summed E-state index contributed by atoms with van der Waals surface area (Å²) in [6.45, 7) is 6.32. The number of aliphatic hydroxyl groups excluding tert-OH is 1. The number of ketones is 1. The number of rotatable bonds is 9. The van der Waals surface area contributed by atoms with Gasteiger partial charge in [0.05, 0.1) is 35.5 Å². The van der Waals surface area contributed by atoms with Crippen LogP contribution < -0.4 is 14.4 Å². The quantitative estimate of drug-likeness (QED) is 0.194. The lowest BCUT2D eigenvalue weighted by molar-refractivity contribution is -0.117. The van der Waals surface area contributed by atoms with Gasteiger partial charge in [-0.05, 0) is 67.8 Å². The molecule has 0 fully saturated rings. The number of furan rings is 1. The van der Waals surface area contributed by atoms with Crippen LogP contribution in [-0.2, 0) is 4.79 Å². The first kappa shape index (κ1) is 25.5. The zero-order valence-corrected chi connectivity index (χ0v) is 22.4. The Hall–Kier alpha value is -4.11. The number of anilines is 1. The molecule has 1 aliphatic heterocycles. The Labute approximate surface area is 224 Å². The molecule has 1 atom stereocenters. The Morgan fingerprint density at radius 3 is 2.66 bits per heavy atom. The minimum atomic E-state index is -0.958. The molecule has 2 aromatic heterocycles. The van der Waals surface area contributed by atoms with Crippen LogP contribution in [0.4, 0.5) is 5.13 Å². The zero-order valence-electron chi connectivity index (χ0n) is 21.6. The van der Waals surface area contributed by atoms with E-state index in [0.717, 1.165) is 28.6 Å². The van der Waals surface area contributed by atoms with Crippen molar-refractivity contribution in [3.05, 3.63) is 82.5 Å². The summed E-state index contributed by atoms with van der Waals surface area (Å²) in [5.74, 6) is -0.322. The number of fused-ring (bicyclic) bond motifs is 1. The van der Waals surface area contributed by atoms with Gasteiger partial charge in [0.2, 0.25) is 5.78 Å². The van der Waals surface area contributed by atoms with Crippen LogP contribution in [0.3, 0.4) is 0 Å². The van der Waals surface area contributed by atoms with Gasteiger partial charge in [-0.1, -0.05) is 36.8 Å². The second kappa shape index (κ2) is 10.3. The predicted molar refractivity (Wildman–Crippen MR) is 145 cm³/mol. The molecule has 1 N–H and O–H groups in total. The molecule has 0 aliphatic carbocycles. The van der Waals surface area contributed by atoms with E-state index in [1.807, 2.05) is 25.1 Å². The maximum atomic E-state index is 13.6. The first-order chi connectivity index (χ1) is 18.3. The lowest BCUT2D eigenvalue weighted by Gasteiger charge is -2.25. The van der Waals surface area contributed by atoms with E-state index in [9.17, 15) is 14.7 Å². The van der Waals surface area contributed by atoms with E-state index in [0.29, 0.717) is 34.6 Å². The first-order valence-electron chi connectivity index (χ1n) is 12.4. The van der Waals surface area contributed by atoms with Crippen molar-refractivity contribution in [3.63, 3.8) is 0 Å². The average molecular weight is 533 g/mol. The van der Waals surface area contributed by atoms with Crippen molar-refractivity contribution in [2.24, 2.45) is 0 Å². The van der Waals surface area contributed by atoms with E-state index in [-0.39, 0.29) is 11.3 Å². The molecule has 5 rings (SSSR count). The largest absolute Gasteiger partial charge is 0.503 e. The Morgan fingerprint density at radius 2 is 1.95 bits per heavy atom. The van der Waals surface area contributed by atoms with E-state index in [1.54, 1.807) is 31.2 Å². The number of hydrogen-bond acceptors (Lipinski definition) is 8. The maximum Gasteiger partial charge on any atom is 0.296 e. The fourth-order valence-corrected chi connectivity index (χ4v) is 5.55. The number of benzene rings is 2. The SMILES string of the molecule is CCCCOc1ccc(C2C(C(=O)c3ccc(C)o3)=C(O)C(=O)N2c2nc3ccc(C)cc3s2)cc1OC. The van der Waals surface area contributed by atoms with Crippen LogP contribution in [0.25, 0.3) is 10.2 Å². The number of thiazole rings is 1. The summed E-state index contributed by atoms with van der Waals surface area (Å²) in [5, 5.41) is 11.4. The fraction of sp³-hybridized carbons (Fsp3) is 0.276. The molecule has 196 valence electrons. The molecule has 2 aromatic carbocycles. The second-order valence-electron chi connectivity index (χ2n) is 9.16. The molecule has 0 saturated carbocycles. The van der Waals surface area contributed by atoms with Crippen molar-refractivity contribution in [1.82, 2.24) is 4.98 Å². The van der Waals surface area contributed by atoms with Crippen molar-refractivity contribution in [3.8, 4) is 11.5 Å². The Morgan fingerprint density at radius 1 is 1.13 bits per heavy atom. The minimum absolute atomic E-state index is 0.0371. The van der Waals surface area contributed by atoms with Crippen LogP contribution in [0.2, 0.25) is 0 Å². The highest BCUT2D eigenvalue weighted by Gasteiger charge is 2.46. The molecule has 0 bridgehead atoms. The number of unbranched alkanes of at least 4 members (excludes halogenated alkanes) is 1. The zero-order chi connectivity index (χ0) is 27.0. The van der Waals surface area contributed by atoms with E-state index in [2.05, 4.69) is 11.9 Å². The summed E-state index contributed by atoms with van der Waals surface area (Å²) < 4.78 is 17.9. The molecule has 3 heterocycles. The number of carbonyl (C=O) groups excluding carboxylic acids is 2. The Bertz CT molecular complexity index is 1570. The maximum absolute atomic E-state index is 13.6. The topological polar surface area (TPSA) is 102 Å². The number of hydrogen-bond donors (Lipinski definition) is 1. The predicted octanol–water partition coefficient (Wildman–Crippen LogP) is 6.48. The highest BCUT2D eigenvalue weighted by molar-refractivity contribution is 7.22. The third-order valence-electron chi connectivity index (χ3n) is 6.41. The number of aliphatic hydroxyl groups is 1. The van der Waals surface area contributed by atoms with Crippen molar-refractivity contribution in [1.29, 1.82) is 0 Å². The molecule has 1 unspecified atom stereocenters. The van der Waals surface area contributed by atoms with Gasteiger partial charge in [-0.3, -0.25) is 14.5 Å². The van der Waals surface area contributed by atoms with Gasteiger partial charge in [0.25, 0.3) is 5.91 Å². The molecule has 1 aliphatic rings. The molecule has 38 heavy (non-hydrogen) atoms. The number of methoxy groups -OCH3 is 1. The molecule has 4 aromatic rings. The Kier molecular flexibility index (Phi) is 6.94. The third kappa shape index (κ3) is 4.54. The van der Waals surface area contributed by atoms with Gasteiger partial charge < -0.3 is 19.0 Å². The normalized spacial score (nSPS) is 15.5. The first-order valence-corrected chi connectivity index (χ1v) is 13.2. The van der Waals surface area contributed by atoms with Gasteiger partial charge in [0.1, 0.15) is 5.76 Å².